The number of benzene rings is 2. The summed E-state index contributed by atoms with van der Waals surface area (Å²) in [5.41, 5.74) is 4.88. The highest BCUT2D eigenvalue weighted by Gasteiger charge is 2.04. The van der Waals surface area contributed by atoms with Crippen molar-refractivity contribution in [3.05, 3.63) is 110 Å². The average molecular weight is 413 g/mol. The summed E-state index contributed by atoms with van der Waals surface area (Å²) in [4.78, 5) is 0. The van der Waals surface area contributed by atoms with Gasteiger partial charge in [-0.15, -0.1) is 0 Å². The van der Waals surface area contributed by atoms with Crippen LogP contribution in [0.4, 0.5) is 0 Å². The topological polar surface area (TPSA) is 26.2 Å². The molecule has 4 heteroatoms. The summed E-state index contributed by atoms with van der Waals surface area (Å²) >= 11 is 0. The highest BCUT2D eigenvalue weighted by Crippen LogP contribution is 2.17. The fourth-order valence-electron chi connectivity index (χ4n) is 3.36. The van der Waals surface area contributed by atoms with E-state index in [1.54, 1.807) is 0 Å². The molecule has 0 saturated carbocycles. The highest BCUT2D eigenvalue weighted by molar-refractivity contribution is 5.62. The van der Waals surface area contributed by atoms with Crippen LogP contribution >= 0.6 is 0 Å². The van der Waals surface area contributed by atoms with Crippen molar-refractivity contribution in [1.82, 2.24) is 0 Å². The van der Waals surface area contributed by atoms with Crippen LogP contribution in [0.2, 0.25) is 0 Å². The van der Waals surface area contributed by atoms with Gasteiger partial charge in [0.2, 0.25) is 0 Å². The van der Waals surface area contributed by atoms with E-state index in [9.17, 15) is 0 Å². The van der Waals surface area contributed by atoms with Crippen LogP contribution in [0, 0.1) is 0 Å². The van der Waals surface area contributed by atoms with Gasteiger partial charge >= 0.3 is 0 Å². The van der Waals surface area contributed by atoms with E-state index in [1.165, 1.54) is 22.3 Å². The molecule has 0 amide bonds. The summed E-state index contributed by atoms with van der Waals surface area (Å²) in [6.07, 6.45) is 8.27. The molecule has 0 bridgehead atoms. The van der Waals surface area contributed by atoms with Crippen LogP contribution in [0.25, 0.3) is 22.3 Å². The largest absolute Gasteiger partial charge is 0.372 e. The van der Waals surface area contributed by atoms with Gasteiger partial charge in [0.15, 0.2) is 31.3 Å². The first-order valence-electron chi connectivity index (χ1n) is 10.6. The van der Waals surface area contributed by atoms with Crippen LogP contribution < -0.4 is 9.13 Å². The van der Waals surface area contributed by atoms with E-state index in [2.05, 4.69) is 89.8 Å². The number of hydrogen-bond acceptors (Lipinski definition) is 2. The van der Waals surface area contributed by atoms with Gasteiger partial charge in [0.05, 0.1) is 13.2 Å². The average Bonchev–Trinajstić information content (AvgIpc) is 2.85. The minimum absolute atomic E-state index is 0.522. The van der Waals surface area contributed by atoms with Crippen molar-refractivity contribution in [1.29, 1.82) is 0 Å². The van der Waals surface area contributed by atoms with E-state index in [0.29, 0.717) is 26.6 Å². The predicted molar refractivity (Wildman–Crippen MR) is 121 cm³/mol. The lowest BCUT2D eigenvalue weighted by molar-refractivity contribution is -0.732. The molecule has 0 atom stereocenters. The third kappa shape index (κ3) is 6.32. The van der Waals surface area contributed by atoms with Gasteiger partial charge in [-0.3, -0.25) is 0 Å². The lowest BCUT2D eigenvalue weighted by Crippen LogP contribution is -2.36. The Labute approximate surface area is 184 Å². The molecule has 0 aliphatic heterocycles. The molecule has 0 radical (unpaired) electrons. The molecule has 0 unspecified atom stereocenters. The number of nitrogens with zero attached hydrogens (tertiary/aromatic N) is 2. The third-order valence-corrected chi connectivity index (χ3v) is 5.10. The van der Waals surface area contributed by atoms with Gasteiger partial charge in [-0.05, 0) is 22.3 Å². The molecule has 4 rings (SSSR count). The fraction of sp³-hybridized carbons (Fsp3) is 0.185. The first-order valence-corrected chi connectivity index (χ1v) is 10.6. The minimum Gasteiger partial charge on any atom is -0.372 e. The van der Waals surface area contributed by atoms with Crippen molar-refractivity contribution in [3.8, 4) is 22.3 Å². The molecule has 2 heterocycles. The Balaban J connectivity index is 1.11. The molecule has 0 fully saturated rings. The molecule has 0 aliphatic rings. The summed E-state index contributed by atoms with van der Waals surface area (Å²) in [7, 11) is 0. The van der Waals surface area contributed by atoms with Crippen LogP contribution in [0.3, 0.4) is 0 Å². The molecule has 0 saturated heterocycles. The Hall–Kier alpha value is -3.34. The van der Waals surface area contributed by atoms with Crippen molar-refractivity contribution in [2.24, 2.45) is 0 Å². The van der Waals surface area contributed by atoms with Crippen molar-refractivity contribution >= 4 is 0 Å². The molecule has 2 aromatic carbocycles. The lowest BCUT2D eigenvalue weighted by Gasteiger charge is -2.04. The van der Waals surface area contributed by atoms with E-state index < -0.39 is 0 Å². The monoisotopic (exact) mass is 412 g/mol. The third-order valence-electron chi connectivity index (χ3n) is 5.10. The Morgan fingerprint density at radius 3 is 1.45 bits per heavy atom. The van der Waals surface area contributed by atoms with Crippen LogP contribution in [-0.4, -0.2) is 19.8 Å². The standard InChI is InChI=1S/C27H28N2O2/c1-3-7-24(8-4-1)26-11-15-28(16-12-26)19-20-30-21-22-31-23-29-17-13-27(14-18-29)25-9-5-2-6-10-25/h1-18H,19-23H2/q+2. The predicted octanol–water partition coefficient (Wildman–Crippen LogP) is 4.29. The Bertz CT molecular complexity index is 947. The Morgan fingerprint density at radius 1 is 0.452 bits per heavy atom. The van der Waals surface area contributed by atoms with Gasteiger partial charge in [0, 0.05) is 24.3 Å². The van der Waals surface area contributed by atoms with Gasteiger partial charge in [-0.2, -0.15) is 4.57 Å². The van der Waals surface area contributed by atoms with Gasteiger partial charge in [0.1, 0.15) is 6.61 Å². The van der Waals surface area contributed by atoms with Crippen LogP contribution in [0.1, 0.15) is 0 Å². The number of ether oxygens (including phenoxy) is 2. The first kappa shape index (κ1) is 20.9. The molecular formula is C27H28N2O2+2. The van der Waals surface area contributed by atoms with Crippen molar-refractivity contribution in [2.75, 3.05) is 19.8 Å². The molecule has 0 N–H and O–H groups in total. The van der Waals surface area contributed by atoms with Gasteiger partial charge in [-0.25, -0.2) is 4.57 Å². The van der Waals surface area contributed by atoms with E-state index in [-0.39, 0.29) is 0 Å². The maximum Gasteiger partial charge on any atom is 0.252 e. The zero-order valence-electron chi connectivity index (χ0n) is 17.6. The van der Waals surface area contributed by atoms with Crippen molar-refractivity contribution in [2.45, 2.75) is 13.3 Å². The maximum atomic E-state index is 5.71. The smallest absolute Gasteiger partial charge is 0.252 e. The zero-order chi connectivity index (χ0) is 21.1. The van der Waals surface area contributed by atoms with Gasteiger partial charge in [-0.1, -0.05) is 60.7 Å². The van der Waals surface area contributed by atoms with Crippen molar-refractivity contribution in [3.63, 3.8) is 0 Å². The molecule has 4 aromatic rings. The maximum absolute atomic E-state index is 5.71. The van der Waals surface area contributed by atoms with Crippen LogP contribution in [0.15, 0.2) is 110 Å². The molecule has 0 aliphatic carbocycles. The van der Waals surface area contributed by atoms with E-state index in [0.717, 1.165) is 6.54 Å². The van der Waals surface area contributed by atoms with Gasteiger partial charge in [0.25, 0.3) is 6.73 Å². The number of rotatable bonds is 10. The van der Waals surface area contributed by atoms with Crippen molar-refractivity contribution < 1.29 is 18.6 Å². The second-order valence-electron chi connectivity index (χ2n) is 7.31. The quantitative estimate of drug-likeness (QED) is 0.287. The van der Waals surface area contributed by atoms with E-state index >= 15 is 0 Å². The Morgan fingerprint density at radius 2 is 0.903 bits per heavy atom. The summed E-state index contributed by atoms with van der Waals surface area (Å²) in [5.74, 6) is 0. The SMILES string of the molecule is c1ccc(-c2cc[n+](CCOCCOC[n+]3ccc(-c4ccccc4)cc3)cc2)cc1. The molecule has 2 aromatic heterocycles. The highest BCUT2D eigenvalue weighted by atomic mass is 16.5. The second-order valence-corrected chi connectivity index (χ2v) is 7.31. The molecule has 31 heavy (non-hydrogen) atoms. The molecule has 0 spiro atoms. The first-order chi connectivity index (χ1) is 15.4. The lowest BCUT2D eigenvalue weighted by atomic mass is 10.1. The molecule has 4 nitrogen and oxygen atoms in total. The number of hydrogen-bond donors (Lipinski definition) is 0. The Kier molecular flexibility index (Phi) is 7.53. The summed E-state index contributed by atoms with van der Waals surface area (Å²) in [6.45, 7) is 3.17. The minimum atomic E-state index is 0.522. The summed E-state index contributed by atoms with van der Waals surface area (Å²) in [6, 6.07) is 29.3. The van der Waals surface area contributed by atoms with Gasteiger partial charge < -0.3 is 9.47 Å². The van der Waals surface area contributed by atoms with Crippen LogP contribution in [-0.2, 0) is 22.7 Å². The zero-order valence-corrected chi connectivity index (χ0v) is 17.6. The summed E-state index contributed by atoms with van der Waals surface area (Å²) < 4.78 is 15.6. The number of aromatic nitrogens is 2. The van der Waals surface area contributed by atoms with Crippen LogP contribution in [0.5, 0.6) is 0 Å². The van der Waals surface area contributed by atoms with E-state index in [4.69, 9.17) is 9.47 Å². The molecule has 156 valence electrons. The second kappa shape index (κ2) is 11.2. The normalized spacial score (nSPS) is 10.8. The van der Waals surface area contributed by atoms with E-state index in [1.807, 2.05) is 29.1 Å². The molecular weight excluding hydrogens is 384 g/mol. The summed E-state index contributed by atoms with van der Waals surface area (Å²) in [5, 5.41) is 0. The number of pyridine rings is 2. The fourth-order valence-corrected chi connectivity index (χ4v) is 3.36.